The largest absolute Gasteiger partial charge is 0.394 e. The number of hydrogen-bond donors (Lipinski definition) is 3. The number of hydroxylamine groups is 1. The molecule has 1 heterocycles. The minimum Gasteiger partial charge on any atom is -0.394 e. The number of carbonyl (C=O) groups excluding carboxylic acids is 1. The maximum absolute atomic E-state index is 12.4. The molecule has 2 rings (SSSR count). The van der Waals surface area contributed by atoms with Crippen LogP contribution >= 0.6 is 11.6 Å². The van der Waals surface area contributed by atoms with Crippen LogP contribution in [-0.2, 0) is 11.9 Å². The average Bonchev–Trinajstić information content (AvgIpc) is 2.65. The zero-order valence-electron chi connectivity index (χ0n) is 16.2. The van der Waals surface area contributed by atoms with Gasteiger partial charge in [0.2, 0.25) is 0 Å². The number of aryl methyl sites for hydroxylation is 2. The Morgan fingerprint density at radius 1 is 1.26 bits per heavy atom. The Morgan fingerprint density at radius 3 is 2.52 bits per heavy atom. The van der Waals surface area contributed by atoms with Crippen molar-refractivity contribution in [3.8, 4) is 0 Å². The number of rotatable bonds is 6. The fourth-order valence-corrected chi connectivity index (χ4v) is 2.57. The molecule has 0 aliphatic carbocycles. The van der Waals surface area contributed by atoms with Gasteiger partial charge in [0, 0.05) is 12.6 Å². The van der Waals surface area contributed by atoms with Gasteiger partial charge >= 0.3 is 0 Å². The average molecular weight is 396 g/mol. The quantitative estimate of drug-likeness (QED) is 0.516. The molecule has 0 unspecified atom stereocenters. The van der Waals surface area contributed by atoms with Gasteiger partial charge in [0.1, 0.15) is 5.82 Å². The van der Waals surface area contributed by atoms with Gasteiger partial charge in [0.05, 0.1) is 29.5 Å². The summed E-state index contributed by atoms with van der Waals surface area (Å²) in [6.45, 7) is 7.27. The van der Waals surface area contributed by atoms with Gasteiger partial charge < -0.3 is 10.4 Å². The molecule has 0 aliphatic rings. The van der Waals surface area contributed by atoms with Crippen molar-refractivity contribution in [1.29, 1.82) is 0 Å². The number of carbonyl (C=O) groups is 1. The lowest BCUT2D eigenvalue weighted by molar-refractivity contribution is 0.0168. The predicted molar refractivity (Wildman–Crippen MR) is 108 cm³/mol. The molecule has 27 heavy (non-hydrogen) atoms. The summed E-state index contributed by atoms with van der Waals surface area (Å²) in [5, 5.41) is 12.2. The summed E-state index contributed by atoms with van der Waals surface area (Å²) in [4.78, 5) is 29.5. The number of nitrogens with zero attached hydrogens (tertiary/aromatic N) is 1. The van der Waals surface area contributed by atoms with Crippen molar-refractivity contribution in [1.82, 2.24) is 10.0 Å². The number of aromatic nitrogens is 1. The van der Waals surface area contributed by atoms with Gasteiger partial charge in [-0.15, -0.1) is 0 Å². The smallest absolute Gasteiger partial charge is 0.278 e. The fraction of sp³-hybridized carbons (Fsp3) is 0.368. The zero-order valence-corrected chi connectivity index (χ0v) is 17.0. The van der Waals surface area contributed by atoms with E-state index in [1.165, 1.54) is 10.6 Å². The molecule has 148 valence electrons. The van der Waals surface area contributed by atoms with Crippen molar-refractivity contribution in [3.63, 3.8) is 0 Å². The number of aliphatic hydroxyl groups excluding tert-OH is 1. The molecular formula is C19H26ClN3O4. The second-order valence-corrected chi connectivity index (χ2v) is 5.97. The molecule has 7 nitrogen and oxygen atoms in total. The lowest BCUT2D eigenvalue weighted by Crippen LogP contribution is -2.30. The third-order valence-corrected chi connectivity index (χ3v) is 3.89. The van der Waals surface area contributed by atoms with E-state index in [4.69, 9.17) is 21.5 Å². The van der Waals surface area contributed by atoms with E-state index in [1.807, 2.05) is 26.8 Å². The van der Waals surface area contributed by atoms with Gasteiger partial charge in [0.15, 0.2) is 0 Å². The van der Waals surface area contributed by atoms with E-state index in [0.717, 1.165) is 5.56 Å². The SMILES string of the molecule is CC.Cc1ccc(Nc2c(C(=O)NOCCO)cc(C)c(=O)n2C)c(Cl)c1. The van der Waals surface area contributed by atoms with Gasteiger partial charge in [-0.05, 0) is 37.6 Å². The van der Waals surface area contributed by atoms with Crippen LogP contribution < -0.4 is 16.4 Å². The molecule has 1 aromatic carbocycles. The van der Waals surface area contributed by atoms with Crippen molar-refractivity contribution >= 4 is 29.0 Å². The maximum atomic E-state index is 12.4. The van der Waals surface area contributed by atoms with Crippen LogP contribution in [0.4, 0.5) is 11.5 Å². The van der Waals surface area contributed by atoms with E-state index in [-0.39, 0.29) is 30.2 Å². The molecule has 0 fully saturated rings. The number of halogens is 1. The third-order valence-electron chi connectivity index (χ3n) is 3.57. The van der Waals surface area contributed by atoms with E-state index >= 15 is 0 Å². The minimum absolute atomic E-state index is 0.0387. The summed E-state index contributed by atoms with van der Waals surface area (Å²) < 4.78 is 1.34. The number of aliphatic hydroxyl groups is 1. The first-order valence-corrected chi connectivity index (χ1v) is 8.99. The molecular weight excluding hydrogens is 370 g/mol. The van der Waals surface area contributed by atoms with Crippen LogP contribution in [0.15, 0.2) is 29.1 Å². The zero-order chi connectivity index (χ0) is 20.6. The molecule has 0 saturated carbocycles. The van der Waals surface area contributed by atoms with E-state index in [9.17, 15) is 9.59 Å². The highest BCUT2D eigenvalue weighted by Crippen LogP contribution is 2.27. The van der Waals surface area contributed by atoms with Crippen LogP contribution in [0.2, 0.25) is 5.02 Å². The summed E-state index contributed by atoms with van der Waals surface area (Å²) in [5.74, 6) is -0.260. The van der Waals surface area contributed by atoms with Crippen molar-refractivity contribution in [3.05, 3.63) is 56.3 Å². The highest BCUT2D eigenvalue weighted by Gasteiger charge is 2.18. The Labute approximate surface area is 163 Å². The Hall–Kier alpha value is -2.35. The summed E-state index contributed by atoms with van der Waals surface area (Å²) in [5.41, 5.74) is 4.18. The van der Waals surface area contributed by atoms with Crippen molar-refractivity contribution in [2.45, 2.75) is 27.7 Å². The molecule has 0 radical (unpaired) electrons. The maximum Gasteiger partial charge on any atom is 0.278 e. The van der Waals surface area contributed by atoms with Crippen LogP contribution in [0.25, 0.3) is 0 Å². The van der Waals surface area contributed by atoms with E-state index in [2.05, 4.69) is 10.8 Å². The molecule has 0 bridgehead atoms. The molecule has 0 saturated heterocycles. The molecule has 0 spiro atoms. The summed E-state index contributed by atoms with van der Waals surface area (Å²) in [6, 6.07) is 6.89. The minimum atomic E-state index is -0.544. The van der Waals surface area contributed by atoms with Crippen LogP contribution in [0.5, 0.6) is 0 Å². The fourth-order valence-electron chi connectivity index (χ4n) is 2.28. The molecule has 0 aliphatic heterocycles. The van der Waals surface area contributed by atoms with Crippen LogP contribution in [-0.4, -0.2) is 28.8 Å². The molecule has 3 N–H and O–H groups in total. The van der Waals surface area contributed by atoms with Crippen molar-refractivity contribution in [2.75, 3.05) is 18.5 Å². The number of hydrogen-bond acceptors (Lipinski definition) is 5. The highest BCUT2D eigenvalue weighted by atomic mass is 35.5. The second-order valence-electron chi connectivity index (χ2n) is 5.57. The van der Waals surface area contributed by atoms with E-state index in [1.54, 1.807) is 26.1 Å². The van der Waals surface area contributed by atoms with Crippen molar-refractivity contribution in [2.24, 2.45) is 7.05 Å². The Balaban J connectivity index is 0.00000176. The van der Waals surface area contributed by atoms with Crippen LogP contribution in [0.3, 0.4) is 0 Å². The number of nitrogens with one attached hydrogen (secondary N) is 2. The predicted octanol–water partition coefficient (Wildman–Crippen LogP) is 3.08. The first-order valence-electron chi connectivity index (χ1n) is 8.62. The van der Waals surface area contributed by atoms with Gasteiger partial charge in [-0.25, -0.2) is 5.48 Å². The Morgan fingerprint density at radius 2 is 1.93 bits per heavy atom. The number of amides is 1. The monoisotopic (exact) mass is 395 g/mol. The lowest BCUT2D eigenvalue weighted by Gasteiger charge is -2.17. The van der Waals surface area contributed by atoms with E-state index < -0.39 is 5.91 Å². The summed E-state index contributed by atoms with van der Waals surface area (Å²) >= 11 is 6.23. The van der Waals surface area contributed by atoms with Gasteiger partial charge in [-0.3, -0.25) is 19.0 Å². The van der Waals surface area contributed by atoms with Gasteiger partial charge in [-0.1, -0.05) is 31.5 Å². The summed E-state index contributed by atoms with van der Waals surface area (Å²) in [6.07, 6.45) is 0. The first-order chi connectivity index (χ1) is 12.8. The Kier molecular flexibility index (Phi) is 9.00. The van der Waals surface area contributed by atoms with E-state index in [0.29, 0.717) is 16.3 Å². The second kappa shape index (κ2) is 10.7. The highest BCUT2D eigenvalue weighted by molar-refractivity contribution is 6.33. The number of pyridine rings is 1. The lowest BCUT2D eigenvalue weighted by atomic mass is 10.1. The number of anilines is 2. The molecule has 0 atom stereocenters. The standard InChI is InChI=1S/C17H20ClN3O4.C2H6/c1-10-4-5-14(13(18)8-10)19-15-12(16(23)20-25-7-6-22)9-11(2)17(24)21(15)3;1-2/h4-5,8-9,19,22H,6-7H2,1-3H3,(H,20,23);1-2H3. The van der Waals surface area contributed by atoms with Gasteiger partial charge in [-0.2, -0.15) is 0 Å². The van der Waals surface area contributed by atoms with Crippen LogP contribution in [0, 0.1) is 13.8 Å². The molecule has 2 aromatic rings. The van der Waals surface area contributed by atoms with Crippen molar-refractivity contribution < 1.29 is 14.7 Å². The topological polar surface area (TPSA) is 92.6 Å². The molecule has 8 heteroatoms. The third kappa shape index (κ3) is 5.82. The molecule has 1 aromatic heterocycles. The van der Waals surface area contributed by atoms with Crippen LogP contribution in [0.1, 0.15) is 35.3 Å². The van der Waals surface area contributed by atoms with Gasteiger partial charge in [0.25, 0.3) is 11.5 Å². The normalized spacial score (nSPS) is 10.0. The Bertz CT molecular complexity index is 850. The molecule has 1 amide bonds. The summed E-state index contributed by atoms with van der Waals surface area (Å²) in [7, 11) is 1.56. The first kappa shape index (κ1) is 22.7. The number of benzene rings is 1.